The molecule has 1 aromatic heterocycles. The molecule has 0 aliphatic carbocycles. The van der Waals surface area contributed by atoms with Gasteiger partial charge in [0, 0.05) is 6.42 Å². The fourth-order valence-corrected chi connectivity index (χ4v) is 1.68. The van der Waals surface area contributed by atoms with Crippen LogP contribution in [0.25, 0.3) is 0 Å². The van der Waals surface area contributed by atoms with Crippen LogP contribution in [0.15, 0.2) is 28.8 Å². The second-order valence-electron chi connectivity index (χ2n) is 4.80. The molecule has 0 amide bonds. The molecular weight excluding hydrogens is 244 g/mol. The molecule has 0 saturated heterocycles. The van der Waals surface area contributed by atoms with E-state index in [1.165, 1.54) is 0 Å². The normalized spacial score (nSPS) is 10.9. The number of hydrogen-bond acceptors (Lipinski definition) is 5. The molecule has 0 spiro atoms. The van der Waals surface area contributed by atoms with Gasteiger partial charge in [-0.2, -0.15) is 4.98 Å². The van der Waals surface area contributed by atoms with Gasteiger partial charge < -0.3 is 14.4 Å². The largest absolute Gasteiger partial charge is 0.484 e. The summed E-state index contributed by atoms with van der Waals surface area (Å²) in [7, 11) is 0. The van der Waals surface area contributed by atoms with Gasteiger partial charge in [0.1, 0.15) is 5.75 Å². The molecule has 0 saturated carbocycles. The first-order valence-electron chi connectivity index (χ1n) is 6.31. The summed E-state index contributed by atoms with van der Waals surface area (Å²) in [5.41, 5.74) is 0.809. The van der Waals surface area contributed by atoms with Crippen LogP contribution in [0.4, 0.5) is 0 Å². The summed E-state index contributed by atoms with van der Waals surface area (Å²) in [6.07, 6.45) is 0.795. The van der Waals surface area contributed by atoms with Crippen molar-refractivity contribution in [3.05, 3.63) is 41.5 Å². The Hall–Kier alpha value is -1.88. The molecule has 0 bridgehead atoms. The fraction of sp³-hybridized carbons (Fsp3) is 0.429. The summed E-state index contributed by atoms with van der Waals surface area (Å²) in [5.74, 6) is 2.34. The Kier molecular flexibility index (Phi) is 4.52. The maximum absolute atomic E-state index is 9.04. The zero-order chi connectivity index (χ0) is 13.7. The third kappa shape index (κ3) is 4.06. The van der Waals surface area contributed by atoms with Crippen LogP contribution in [0.2, 0.25) is 0 Å². The summed E-state index contributed by atoms with van der Waals surface area (Å²) >= 11 is 0. The van der Waals surface area contributed by atoms with Crippen molar-refractivity contribution in [2.75, 3.05) is 0 Å². The lowest BCUT2D eigenvalue weighted by Gasteiger charge is -2.04. The van der Waals surface area contributed by atoms with Crippen molar-refractivity contribution in [3.8, 4) is 5.75 Å². The highest BCUT2D eigenvalue weighted by Crippen LogP contribution is 2.15. The Balaban J connectivity index is 1.92. The van der Waals surface area contributed by atoms with E-state index in [4.69, 9.17) is 14.4 Å². The minimum atomic E-state index is -0.00368. The first-order chi connectivity index (χ1) is 9.17. The summed E-state index contributed by atoms with van der Waals surface area (Å²) in [6.45, 7) is 4.44. The van der Waals surface area contributed by atoms with Crippen LogP contribution in [0.3, 0.4) is 0 Å². The summed E-state index contributed by atoms with van der Waals surface area (Å²) in [5, 5.41) is 12.9. The second kappa shape index (κ2) is 6.33. The summed E-state index contributed by atoms with van der Waals surface area (Å²) in [4.78, 5) is 4.26. The maximum atomic E-state index is 9.04. The van der Waals surface area contributed by atoms with E-state index in [0.717, 1.165) is 12.0 Å². The molecule has 0 fully saturated rings. The van der Waals surface area contributed by atoms with Gasteiger partial charge in [0.2, 0.25) is 0 Å². The molecular formula is C14H18N2O3. The van der Waals surface area contributed by atoms with Crippen LogP contribution in [-0.2, 0) is 19.6 Å². The minimum Gasteiger partial charge on any atom is -0.484 e. The average Bonchev–Trinajstić information content (AvgIpc) is 2.83. The highest BCUT2D eigenvalue weighted by Gasteiger charge is 2.08. The van der Waals surface area contributed by atoms with Gasteiger partial charge in [-0.1, -0.05) is 31.1 Å². The van der Waals surface area contributed by atoms with Crippen LogP contribution in [0, 0.1) is 5.92 Å². The number of hydrogen-bond donors (Lipinski definition) is 1. The fourth-order valence-electron chi connectivity index (χ4n) is 1.68. The Morgan fingerprint density at radius 2 is 2.21 bits per heavy atom. The Morgan fingerprint density at radius 3 is 2.95 bits per heavy atom. The number of aromatic nitrogens is 2. The molecule has 102 valence electrons. The van der Waals surface area contributed by atoms with E-state index in [0.29, 0.717) is 23.4 Å². The van der Waals surface area contributed by atoms with E-state index in [9.17, 15) is 0 Å². The molecule has 5 nitrogen and oxygen atoms in total. The molecule has 0 atom stereocenters. The van der Waals surface area contributed by atoms with E-state index < -0.39 is 0 Å². The van der Waals surface area contributed by atoms with E-state index in [1.807, 2.05) is 18.2 Å². The Morgan fingerprint density at radius 1 is 1.37 bits per heavy atom. The quantitative estimate of drug-likeness (QED) is 0.865. The van der Waals surface area contributed by atoms with E-state index >= 15 is 0 Å². The van der Waals surface area contributed by atoms with Crippen molar-refractivity contribution in [2.24, 2.45) is 5.92 Å². The van der Waals surface area contributed by atoms with Gasteiger partial charge in [-0.15, -0.1) is 0 Å². The zero-order valence-electron chi connectivity index (χ0n) is 11.2. The van der Waals surface area contributed by atoms with E-state index in [1.54, 1.807) is 6.07 Å². The van der Waals surface area contributed by atoms with Gasteiger partial charge in [-0.3, -0.25) is 0 Å². The first-order valence-corrected chi connectivity index (χ1v) is 6.31. The van der Waals surface area contributed by atoms with Gasteiger partial charge in [0.15, 0.2) is 12.4 Å². The van der Waals surface area contributed by atoms with Gasteiger partial charge in [0.25, 0.3) is 5.89 Å². The van der Waals surface area contributed by atoms with Crippen molar-refractivity contribution >= 4 is 0 Å². The number of aliphatic hydroxyl groups excluding tert-OH is 1. The average molecular weight is 262 g/mol. The second-order valence-corrected chi connectivity index (χ2v) is 4.80. The molecule has 2 aromatic rings. The summed E-state index contributed by atoms with van der Waals surface area (Å²) in [6, 6.07) is 7.27. The molecule has 0 radical (unpaired) electrons. The lowest BCUT2D eigenvalue weighted by molar-refractivity contribution is 0.240. The predicted octanol–water partition coefficient (Wildman–Crippen LogP) is 2.34. The molecule has 1 N–H and O–H groups in total. The number of rotatable bonds is 6. The molecule has 1 aromatic carbocycles. The molecule has 0 aliphatic heterocycles. The molecule has 2 rings (SSSR count). The number of aliphatic hydroxyl groups is 1. The van der Waals surface area contributed by atoms with Crippen molar-refractivity contribution < 1.29 is 14.4 Å². The highest BCUT2D eigenvalue weighted by atomic mass is 16.5. The zero-order valence-corrected chi connectivity index (χ0v) is 11.2. The molecule has 0 aliphatic rings. The standard InChI is InChI=1S/C14H18N2O3/c1-10(2)6-13-15-14(19-16-13)9-18-12-5-3-4-11(7-12)8-17/h3-5,7,10,17H,6,8-9H2,1-2H3. The van der Waals surface area contributed by atoms with Crippen molar-refractivity contribution in [1.82, 2.24) is 10.1 Å². The molecule has 1 heterocycles. The third-order valence-electron chi connectivity index (χ3n) is 2.54. The molecule has 0 unspecified atom stereocenters. The summed E-state index contributed by atoms with van der Waals surface area (Å²) < 4.78 is 10.7. The molecule has 19 heavy (non-hydrogen) atoms. The number of benzene rings is 1. The van der Waals surface area contributed by atoms with Crippen LogP contribution in [0.5, 0.6) is 5.75 Å². The van der Waals surface area contributed by atoms with E-state index in [-0.39, 0.29) is 13.2 Å². The van der Waals surface area contributed by atoms with Crippen LogP contribution in [0.1, 0.15) is 31.1 Å². The van der Waals surface area contributed by atoms with Gasteiger partial charge in [0.05, 0.1) is 6.61 Å². The van der Waals surface area contributed by atoms with Gasteiger partial charge in [-0.25, -0.2) is 0 Å². The van der Waals surface area contributed by atoms with Gasteiger partial charge in [-0.05, 0) is 23.6 Å². The van der Waals surface area contributed by atoms with Crippen LogP contribution < -0.4 is 4.74 Å². The Labute approximate surface area is 112 Å². The first kappa shape index (κ1) is 13.5. The SMILES string of the molecule is CC(C)Cc1noc(COc2cccc(CO)c2)n1. The molecule has 5 heteroatoms. The lowest BCUT2D eigenvalue weighted by Crippen LogP contribution is -1.99. The number of nitrogens with zero attached hydrogens (tertiary/aromatic N) is 2. The highest BCUT2D eigenvalue weighted by molar-refractivity contribution is 5.27. The van der Waals surface area contributed by atoms with Crippen LogP contribution >= 0.6 is 0 Å². The Bertz CT molecular complexity index is 523. The maximum Gasteiger partial charge on any atom is 0.264 e. The third-order valence-corrected chi connectivity index (χ3v) is 2.54. The lowest BCUT2D eigenvalue weighted by atomic mass is 10.1. The van der Waals surface area contributed by atoms with E-state index in [2.05, 4.69) is 24.0 Å². The predicted molar refractivity (Wildman–Crippen MR) is 69.5 cm³/mol. The smallest absolute Gasteiger partial charge is 0.264 e. The van der Waals surface area contributed by atoms with Gasteiger partial charge >= 0.3 is 0 Å². The minimum absolute atomic E-state index is 0.00368. The van der Waals surface area contributed by atoms with Crippen molar-refractivity contribution in [3.63, 3.8) is 0 Å². The number of ether oxygens (including phenoxy) is 1. The monoisotopic (exact) mass is 262 g/mol. The van der Waals surface area contributed by atoms with Crippen molar-refractivity contribution in [1.29, 1.82) is 0 Å². The van der Waals surface area contributed by atoms with Crippen molar-refractivity contribution in [2.45, 2.75) is 33.5 Å². The van der Waals surface area contributed by atoms with Crippen LogP contribution in [-0.4, -0.2) is 15.2 Å². The topological polar surface area (TPSA) is 68.4 Å².